The molecular weight excluding hydrogens is 279 g/mol. The average molecular weight is 291 g/mol. The Kier molecular flexibility index (Phi) is 4.92. The van der Waals surface area contributed by atoms with Crippen molar-refractivity contribution in [2.24, 2.45) is 5.73 Å². The summed E-state index contributed by atoms with van der Waals surface area (Å²) in [6, 6.07) is 3.75. The molecule has 0 aliphatic heterocycles. The van der Waals surface area contributed by atoms with Gasteiger partial charge in [0.2, 0.25) is 5.91 Å². The molecule has 0 aliphatic carbocycles. The fourth-order valence-electron chi connectivity index (χ4n) is 1.28. The highest BCUT2D eigenvalue weighted by molar-refractivity contribution is 5.97. The third kappa shape index (κ3) is 4.12. The Balaban J connectivity index is 2.94. The summed E-state index contributed by atoms with van der Waals surface area (Å²) in [6.07, 6.45) is -5.00. The summed E-state index contributed by atoms with van der Waals surface area (Å²) in [5.41, 5.74) is 5.22. The molecule has 0 atom stereocenters. The normalized spacial score (nSPS) is 10.8. The van der Waals surface area contributed by atoms with Gasteiger partial charge in [0.1, 0.15) is 5.75 Å². The average Bonchev–Trinajstić information content (AvgIpc) is 2.39. The van der Waals surface area contributed by atoms with Crippen molar-refractivity contribution in [1.29, 1.82) is 0 Å². The van der Waals surface area contributed by atoms with E-state index in [0.29, 0.717) is 0 Å². The molecule has 2 amide bonds. The van der Waals surface area contributed by atoms with Gasteiger partial charge in [0, 0.05) is 11.8 Å². The van der Waals surface area contributed by atoms with Gasteiger partial charge >= 0.3 is 12.1 Å². The molecule has 0 bridgehead atoms. The lowest BCUT2D eigenvalue weighted by molar-refractivity contribution is -0.167. The van der Waals surface area contributed by atoms with Gasteiger partial charge < -0.3 is 21.1 Å². The van der Waals surface area contributed by atoms with E-state index in [2.05, 4.69) is 5.32 Å². The number of anilines is 2. The molecule has 0 aliphatic rings. The second-order valence-electron chi connectivity index (χ2n) is 3.62. The largest absolute Gasteiger partial charge is 0.494 e. The van der Waals surface area contributed by atoms with Crippen molar-refractivity contribution in [2.45, 2.75) is 6.18 Å². The lowest BCUT2D eigenvalue weighted by Gasteiger charge is -2.13. The zero-order chi connectivity index (χ0) is 15.3. The van der Waals surface area contributed by atoms with Gasteiger partial charge in [0.15, 0.2) is 0 Å². The molecule has 1 aromatic rings. The number of nitrogens with two attached hydrogens (primary N) is 1. The van der Waals surface area contributed by atoms with E-state index in [1.54, 1.807) is 5.32 Å². The summed E-state index contributed by atoms with van der Waals surface area (Å²) in [4.78, 5) is 21.9. The van der Waals surface area contributed by atoms with Crippen LogP contribution in [-0.2, 0) is 9.59 Å². The molecule has 4 N–H and O–H groups in total. The molecule has 0 spiro atoms. The number of alkyl halides is 3. The van der Waals surface area contributed by atoms with Crippen LogP contribution in [-0.4, -0.2) is 31.6 Å². The minimum absolute atomic E-state index is 0.0302. The number of halogens is 3. The van der Waals surface area contributed by atoms with Gasteiger partial charge in [-0.2, -0.15) is 13.2 Å². The third-order valence-electron chi connectivity index (χ3n) is 2.18. The highest BCUT2D eigenvalue weighted by Gasteiger charge is 2.39. The number of hydrogen-bond acceptors (Lipinski definition) is 4. The second kappa shape index (κ2) is 6.24. The molecule has 0 aromatic heterocycles. The lowest BCUT2D eigenvalue weighted by Crippen LogP contribution is -2.30. The van der Waals surface area contributed by atoms with Gasteiger partial charge in [0.25, 0.3) is 0 Å². The van der Waals surface area contributed by atoms with Gasteiger partial charge in [-0.3, -0.25) is 9.59 Å². The predicted molar refractivity (Wildman–Crippen MR) is 65.4 cm³/mol. The van der Waals surface area contributed by atoms with E-state index in [1.807, 2.05) is 0 Å². The summed E-state index contributed by atoms with van der Waals surface area (Å²) in [5, 5.41) is 4.07. The minimum Gasteiger partial charge on any atom is -0.494 e. The highest BCUT2D eigenvalue weighted by Crippen LogP contribution is 2.29. The SMILES string of the molecule is COc1cc(NC(=O)CN)ccc1NC(=O)C(F)(F)F. The van der Waals surface area contributed by atoms with Crippen LogP contribution in [0, 0.1) is 0 Å². The topological polar surface area (TPSA) is 93.4 Å². The molecule has 0 heterocycles. The molecule has 0 saturated carbocycles. The highest BCUT2D eigenvalue weighted by atomic mass is 19.4. The Morgan fingerprint density at radius 1 is 1.30 bits per heavy atom. The molecule has 20 heavy (non-hydrogen) atoms. The summed E-state index contributed by atoms with van der Waals surface area (Å²) in [6.45, 7) is -0.241. The number of amides is 2. The van der Waals surface area contributed by atoms with Crippen molar-refractivity contribution in [3.05, 3.63) is 18.2 Å². The molecule has 0 fully saturated rings. The Bertz CT molecular complexity index is 517. The van der Waals surface area contributed by atoms with Crippen LogP contribution in [0.3, 0.4) is 0 Å². The maximum Gasteiger partial charge on any atom is 0.471 e. The van der Waals surface area contributed by atoms with Gasteiger partial charge in [-0.15, -0.1) is 0 Å². The van der Waals surface area contributed by atoms with Crippen LogP contribution in [0.2, 0.25) is 0 Å². The van der Waals surface area contributed by atoms with E-state index in [0.717, 1.165) is 0 Å². The van der Waals surface area contributed by atoms with E-state index in [9.17, 15) is 22.8 Å². The number of carbonyl (C=O) groups is 2. The van der Waals surface area contributed by atoms with E-state index in [4.69, 9.17) is 10.5 Å². The Hall–Kier alpha value is -2.29. The molecule has 6 nitrogen and oxygen atoms in total. The van der Waals surface area contributed by atoms with Crippen molar-refractivity contribution in [1.82, 2.24) is 0 Å². The molecular formula is C11H12F3N3O3. The van der Waals surface area contributed by atoms with Crippen molar-refractivity contribution in [3.8, 4) is 5.75 Å². The summed E-state index contributed by atoms with van der Waals surface area (Å²) < 4.78 is 41.3. The monoisotopic (exact) mass is 291 g/mol. The predicted octanol–water partition coefficient (Wildman–Crippen LogP) is 1.09. The van der Waals surface area contributed by atoms with E-state index < -0.39 is 18.0 Å². The Morgan fingerprint density at radius 3 is 2.45 bits per heavy atom. The lowest BCUT2D eigenvalue weighted by atomic mass is 10.2. The maximum atomic E-state index is 12.1. The number of nitrogens with one attached hydrogen (secondary N) is 2. The zero-order valence-corrected chi connectivity index (χ0v) is 10.4. The van der Waals surface area contributed by atoms with Gasteiger partial charge in [-0.1, -0.05) is 0 Å². The number of methoxy groups -OCH3 is 1. The molecule has 110 valence electrons. The third-order valence-corrected chi connectivity index (χ3v) is 2.18. The standard InChI is InChI=1S/C11H12F3N3O3/c1-20-8-4-6(16-9(18)5-15)2-3-7(8)17-10(19)11(12,13)14/h2-4H,5,15H2,1H3,(H,16,18)(H,17,19). The molecule has 1 rings (SSSR count). The molecule has 0 unspecified atom stereocenters. The van der Waals surface area contributed by atoms with E-state index in [-0.39, 0.29) is 23.7 Å². The fraction of sp³-hybridized carbons (Fsp3) is 0.273. The first-order chi connectivity index (χ1) is 9.27. The molecule has 9 heteroatoms. The fourth-order valence-corrected chi connectivity index (χ4v) is 1.28. The van der Waals surface area contributed by atoms with Crippen molar-refractivity contribution in [2.75, 3.05) is 24.3 Å². The minimum atomic E-state index is -5.00. The number of benzene rings is 1. The first-order valence-corrected chi connectivity index (χ1v) is 5.34. The molecule has 0 radical (unpaired) electrons. The van der Waals surface area contributed by atoms with Crippen LogP contribution < -0.4 is 21.1 Å². The van der Waals surface area contributed by atoms with E-state index >= 15 is 0 Å². The number of ether oxygens (including phenoxy) is 1. The maximum absolute atomic E-state index is 12.1. The second-order valence-corrected chi connectivity index (χ2v) is 3.62. The summed E-state index contributed by atoms with van der Waals surface area (Å²) >= 11 is 0. The number of rotatable bonds is 4. The Morgan fingerprint density at radius 2 is 1.95 bits per heavy atom. The van der Waals surface area contributed by atoms with Crippen LogP contribution in [0.25, 0.3) is 0 Å². The molecule has 0 saturated heterocycles. The van der Waals surface area contributed by atoms with Crippen molar-refractivity contribution in [3.63, 3.8) is 0 Å². The van der Waals surface area contributed by atoms with Crippen LogP contribution in [0.1, 0.15) is 0 Å². The van der Waals surface area contributed by atoms with E-state index in [1.165, 1.54) is 25.3 Å². The summed E-state index contributed by atoms with van der Waals surface area (Å²) in [7, 11) is 1.22. The van der Waals surface area contributed by atoms with Gasteiger partial charge in [-0.25, -0.2) is 0 Å². The quantitative estimate of drug-likeness (QED) is 0.774. The van der Waals surface area contributed by atoms with Gasteiger partial charge in [-0.05, 0) is 12.1 Å². The summed E-state index contributed by atoms with van der Waals surface area (Å²) in [5.74, 6) is -2.62. The van der Waals surface area contributed by atoms with Crippen LogP contribution in [0.5, 0.6) is 5.75 Å². The van der Waals surface area contributed by atoms with Crippen molar-refractivity contribution < 1.29 is 27.5 Å². The smallest absolute Gasteiger partial charge is 0.471 e. The van der Waals surface area contributed by atoms with Crippen LogP contribution in [0.4, 0.5) is 24.5 Å². The zero-order valence-electron chi connectivity index (χ0n) is 10.4. The first-order valence-electron chi connectivity index (χ1n) is 5.34. The number of carbonyl (C=O) groups excluding carboxylic acids is 2. The Labute approximate surface area is 112 Å². The van der Waals surface area contributed by atoms with Gasteiger partial charge in [0.05, 0.1) is 19.3 Å². The van der Waals surface area contributed by atoms with Crippen molar-refractivity contribution >= 4 is 23.2 Å². The van der Waals surface area contributed by atoms with Crippen LogP contribution in [0.15, 0.2) is 18.2 Å². The number of hydrogen-bond donors (Lipinski definition) is 3. The first kappa shape index (κ1) is 15.8. The van der Waals surface area contributed by atoms with Crippen LogP contribution >= 0.6 is 0 Å². The molecule has 1 aromatic carbocycles.